The molecule has 0 aliphatic carbocycles. The highest BCUT2D eigenvalue weighted by Gasteiger charge is 2.17. The third-order valence-electron chi connectivity index (χ3n) is 4.70. The number of nitrogens with zero attached hydrogens (tertiary/aromatic N) is 2. The van der Waals surface area contributed by atoms with Crippen LogP contribution in [0.25, 0.3) is 6.08 Å². The summed E-state index contributed by atoms with van der Waals surface area (Å²) in [7, 11) is 0. The molecule has 1 heterocycles. The van der Waals surface area contributed by atoms with Crippen LogP contribution < -0.4 is 5.32 Å². The fourth-order valence-corrected chi connectivity index (χ4v) is 3.29. The Morgan fingerprint density at radius 3 is 2.38 bits per heavy atom. The first-order chi connectivity index (χ1) is 12.7. The van der Waals surface area contributed by atoms with Crippen LogP contribution in [-0.2, 0) is 6.54 Å². The summed E-state index contributed by atoms with van der Waals surface area (Å²) in [6.07, 6.45) is 4.44. The zero-order valence-corrected chi connectivity index (χ0v) is 16.2. The van der Waals surface area contributed by atoms with Crippen molar-refractivity contribution in [2.24, 2.45) is 0 Å². The molecular formula is C22H27N3S. The lowest BCUT2D eigenvalue weighted by molar-refractivity contribution is 0.197. The molecule has 2 aromatic rings. The summed E-state index contributed by atoms with van der Waals surface area (Å²) < 4.78 is 0. The summed E-state index contributed by atoms with van der Waals surface area (Å²) in [6.45, 7) is 7.95. The van der Waals surface area contributed by atoms with E-state index in [0.29, 0.717) is 0 Å². The van der Waals surface area contributed by atoms with Gasteiger partial charge in [0.25, 0.3) is 0 Å². The third kappa shape index (κ3) is 5.68. The molecule has 1 aliphatic rings. The van der Waals surface area contributed by atoms with Gasteiger partial charge in [0.05, 0.1) is 0 Å². The minimum atomic E-state index is 0.791. The SMILES string of the molecule is Cc1ccc(CNC(=S)N2CCN(C/C=C/c3ccccc3)CC2)cc1. The molecule has 1 fully saturated rings. The molecule has 0 saturated carbocycles. The summed E-state index contributed by atoms with van der Waals surface area (Å²) in [4.78, 5) is 4.75. The maximum atomic E-state index is 5.57. The topological polar surface area (TPSA) is 18.5 Å². The predicted molar refractivity (Wildman–Crippen MR) is 114 cm³/mol. The largest absolute Gasteiger partial charge is 0.358 e. The Labute approximate surface area is 162 Å². The van der Waals surface area contributed by atoms with Crippen molar-refractivity contribution >= 4 is 23.4 Å². The summed E-state index contributed by atoms with van der Waals surface area (Å²) in [6, 6.07) is 19.0. The van der Waals surface area contributed by atoms with Crippen LogP contribution in [0.3, 0.4) is 0 Å². The van der Waals surface area contributed by atoms with E-state index < -0.39 is 0 Å². The first kappa shape index (κ1) is 18.6. The van der Waals surface area contributed by atoms with Crippen molar-refractivity contribution in [3.63, 3.8) is 0 Å². The van der Waals surface area contributed by atoms with Gasteiger partial charge in [-0.2, -0.15) is 0 Å². The van der Waals surface area contributed by atoms with Crippen LogP contribution in [0.1, 0.15) is 16.7 Å². The standard InChI is InChI=1S/C22H27N3S/c1-19-9-11-21(12-10-19)18-23-22(26)25-16-14-24(15-17-25)13-5-8-20-6-3-2-4-7-20/h2-12H,13-18H2,1H3,(H,23,26)/b8-5+. The Hall–Kier alpha value is -2.17. The Balaban J connectivity index is 1.38. The van der Waals surface area contributed by atoms with Gasteiger partial charge in [0, 0.05) is 39.3 Å². The number of piperazine rings is 1. The van der Waals surface area contributed by atoms with Crippen LogP contribution in [0.2, 0.25) is 0 Å². The van der Waals surface area contributed by atoms with Crippen LogP contribution in [0.4, 0.5) is 0 Å². The Morgan fingerprint density at radius 2 is 1.69 bits per heavy atom. The van der Waals surface area contributed by atoms with Gasteiger partial charge in [-0.1, -0.05) is 72.3 Å². The van der Waals surface area contributed by atoms with Gasteiger partial charge in [0.15, 0.2) is 5.11 Å². The highest BCUT2D eigenvalue weighted by Crippen LogP contribution is 2.06. The molecule has 0 amide bonds. The summed E-state index contributed by atoms with van der Waals surface area (Å²) in [5.74, 6) is 0. The lowest BCUT2D eigenvalue weighted by Crippen LogP contribution is -2.51. The van der Waals surface area contributed by atoms with Crippen LogP contribution in [0, 0.1) is 6.92 Å². The molecule has 3 rings (SSSR count). The van der Waals surface area contributed by atoms with Crippen LogP contribution in [0.15, 0.2) is 60.7 Å². The predicted octanol–water partition coefficient (Wildman–Crippen LogP) is 3.70. The van der Waals surface area contributed by atoms with E-state index in [-0.39, 0.29) is 0 Å². The van der Waals surface area contributed by atoms with Gasteiger partial charge < -0.3 is 10.2 Å². The Bertz CT molecular complexity index is 717. The monoisotopic (exact) mass is 365 g/mol. The van der Waals surface area contributed by atoms with Gasteiger partial charge in [-0.05, 0) is 30.3 Å². The van der Waals surface area contributed by atoms with Crippen molar-refractivity contribution in [3.8, 4) is 0 Å². The molecule has 1 aliphatic heterocycles. The van der Waals surface area contributed by atoms with E-state index >= 15 is 0 Å². The zero-order valence-electron chi connectivity index (χ0n) is 15.4. The number of hydrogen-bond acceptors (Lipinski definition) is 2. The van der Waals surface area contributed by atoms with Gasteiger partial charge in [-0.3, -0.25) is 4.90 Å². The number of thiocarbonyl (C=S) groups is 1. The second-order valence-electron chi connectivity index (χ2n) is 6.75. The van der Waals surface area contributed by atoms with E-state index in [0.717, 1.165) is 44.4 Å². The molecule has 2 aromatic carbocycles. The lowest BCUT2D eigenvalue weighted by atomic mass is 10.1. The van der Waals surface area contributed by atoms with Crippen molar-refractivity contribution < 1.29 is 0 Å². The number of hydrogen-bond donors (Lipinski definition) is 1. The zero-order chi connectivity index (χ0) is 18.2. The third-order valence-corrected chi connectivity index (χ3v) is 5.10. The van der Waals surface area contributed by atoms with E-state index in [1.807, 2.05) is 6.07 Å². The normalized spacial score (nSPS) is 15.3. The van der Waals surface area contributed by atoms with Gasteiger partial charge in [-0.25, -0.2) is 0 Å². The lowest BCUT2D eigenvalue weighted by Gasteiger charge is -2.35. The maximum Gasteiger partial charge on any atom is 0.169 e. The molecule has 0 bridgehead atoms. The average Bonchev–Trinajstić information content (AvgIpc) is 2.69. The second-order valence-corrected chi connectivity index (χ2v) is 7.13. The Kier molecular flexibility index (Phi) is 6.81. The fourth-order valence-electron chi connectivity index (χ4n) is 3.03. The van der Waals surface area contributed by atoms with Gasteiger partial charge in [0.2, 0.25) is 0 Å². The highest BCUT2D eigenvalue weighted by molar-refractivity contribution is 7.80. The van der Waals surface area contributed by atoms with E-state index in [1.54, 1.807) is 0 Å². The molecule has 4 heteroatoms. The average molecular weight is 366 g/mol. The molecule has 0 aromatic heterocycles. The van der Waals surface area contributed by atoms with Crippen molar-refractivity contribution in [2.75, 3.05) is 32.7 Å². The molecule has 3 nitrogen and oxygen atoms in total. The van der Waals surface area contributed by atoms with Crippen molar-refractivity contribution in [3.05, 3.63) is 77.4 Å². The molecule has 1 N–H and O–H groups in total. The van der Waals surface area contributed by atoms with Crippen molar-refractivity contribution in [2.45, 2.75) is 13.5 Å². The van der Waals surface area contributed by atoms with Crippen molar-refractivity contribution in [1.82, 2.24) is 15.1 Å². The van der Waals surface area contributed by atoms with Crippen LogP contribution >= 0.6 is 12.2 Å². The number of rotatable bonds is 5. The molecule has 0 unspecified atom stereocenters. The minimum Gasteiger partial charge on any atom is -0.358 e. The molecule has 26 heavy (non-hydrogen) atoms. The van der Waals surface area contributed by atoms with E-state index in [4.69, 9.17) is 12.2 Å². The van der Waals surface area contributed by atoms with Crippen LogP contribution in [-0.4, -0.2) is 47.6 Å². The first-order valence-electron chi connectivity index (χ1n) is 9.23. The quantitative estimate of drug-likeness (QED) is 0.814. The molecule has 136 valence electrons. The molecule has 0 spiro atoms. The number of benzene rings is 2. The van der Waals surface area contributed by atoms with E-state index in [9.17, 15) is 0 Å². The Morgan fingerprint density at radius 1 is 1.00 bits per heavy atom. The number of aryl methyl sites for hydroxylation is 1. The van der Waals surface area contributed by atoms with Gasteiger partial charge in [-0.15, -0.1) is 0 Å². The van der Waals surface area contributed by atoms with Crippen LogP contribution in [0.5, 0.6) is 0 Å². The molecular weight excluding hydrogens is 338 g/mol. The maximum absolute atomic E-state index is 5.57. The summed E-state index contributed by atoms with van der Waals surface area (Å²) >= 11 is 5.57. The van der Waals surface area contributed by atoms with Gasteiger partial charge >= 0.3 is 0 Å². The van der Waals surface area contributed by atoms with Gasteiger partial charge in [0.1, 0.15) is 0 Å². The second kappa shape index (κ2) is 9.51. The smallest absolute Gasteiger partial charge is 0.169 e. The highest BCUT2D eigenvalue weighted by atomic mass is 32.1. The van der Waals surface area contributed by atoms with E-state index in [1.165, 1.54) is 16.7 Å². The first-order valence-corrected chi connectivity index (χ1v) is 9.64. The minimum absolute atomic E-state index is 0.791. The summed E-state index contributed by atoms with van der Waals surface area (Å²) in [5.41, 5.74) is 3.81. The molecule has 0 radical (unpaired) electrons. The molecule has 0 atom stereocenters. The number of nitrogens with one attached hydrogen (secondary N) is 1. The molecule has 1 saturated heterocycles. The fraction of sp³-hybridized carbons (Fsp3) is 0.318. The van der Waals surface area contributed by atoms with E-state index in [2.05, 4.69) is 82.7 Å². The van der Waals surface area contributed by atoms with Crippen molar-refractivity contribution in [1.29, 1.82) is 0 Å². The summed E-state index contributed by atoms with van der Waals surface area (Å²) in [5, 5.41) is 4.26.